The van der Waals surface area contributed by atoms with Gasteiger partial charge in [-0.15, -0.1) is 0 Å². The molecule has 2 amide bonds. The number of nitrogens with one attached hydrogen (secondary N) is 1. The van der Waals surface area contributed by atoms with Crippen LogP contribution in [0.2, 0.25) is 0 Å². The molecule has 6 heteroatoms. The third kappa shape index (κ3) is 6.92. The lowest BCUT2D eigenvalue weighted by molar-refractivity contribution is -0.132. The SMILES string of the molecule is Cc1ccc(C(=O)NCCCc2nc3ccccc3n2CC(=O)N(CC(C)C)CC(C)C)cc1. The van der Waals surface area contributed by atoms with Gasteiger partial charge in [0.05, 0.1) is 11.0 Å². The second-order valence-electron chi connectivity index (χ2n) is 9.91. The molecule has 0 atom stereocenters. The first kappa shape index (κ1) is 25.5. The highest BCUT2D eigenvalue weighted by atomic mass is 16.2. The van der Waals surface area contributed by atoms with Gasteiger partial charge in [0.15, 0.2) is 0 Å². The number of para-hydroxylation sites is 2. The van der Waals surface area contributed by atoms with Crippen LogP contribution in [0.15, 0.2) is 48.5 Å². The summed E-state index contributed by atoms with van der Waals surface area (Å²) in [5.74, 6) is 1.77. The van der Waals surface area contributed by atoms with Gasteiger partial charge in [0, 0.05) is 31.6 Å². The standard InChI is InChI=1S/C28H38N4O2/c1-20(2)17-31(18-21(3)4)27(33)19-32-25-10-7-6-9-24(25)30-26(32)11-8-16-29-28(34)23-14-12-22(5)13-15-23/h6-7,9-10,12-15,20-21H,8,11,16-19H2,1-5H3,(H,29,34). The van der Waals surface area contributed by atoms with Crippen molar-refractivity contribution in [3.05, 3.63) is 65.5 Å². The van der Waals surface area contributed by atoms with Gasteiger partial charge in [0.1, 0.15) is 12.4 Å². The Bertz CT molecular complexity index is 1090. The van der Waals surface area contributed by atoms with Gasteiger partial charge >= 0.3 is 0 Å². The number of rotatable bonds is 11. The molecule has 0 spiro atoms. The van der Waals surface area contributed by atoms with Crippen molar-refractivity contribution in [2.45, 2.75) is 54.0 Å². The molecule has 0 radical (unpaired) electrons. The summed E-state index contributed by atoms with van der Waals surface area (Å²) >= 11 is 0. The minimum atomic E-state index is -0.0679. The zero-order chi connectivity index (χ0) is 24.7. The molecule has 1 aromatic heterocycles. The Kier molecular flexibility index (Phi) is 8.85. The molecule has 6 nitrogen and oxygen atoms in total. The Morgan fingerprint density at radius 3 is 2.26 bits per heavy atom. The molecule has 3 aromatic rings. The molecule has 1 heterocycles. The van der Waals surface area contributed by atoms with Crippen molar-refractivity contribution in [1.29, 1.82) is 0 Å². The molecular formula is C28H38N4O2. The Morgan fingerprint density at radius 2 is 1.62 bits per heavy atom. The summed E-state index contributed by atoms with van der Waals surface area (Å²) in [7, 11) is 0. The van der Waals surface area contributed by atoms with Gasteiger partial charge in [-0.05, 0) is 49.4 Å². The topological polar surface area (TPSA) is 67.2 Å². The van der Waals surface area contributed by atoms with Gasteiger partial charge in [0.2, 0.25) is 5.91 Å². The van der Waals surface area contributed by atoms with Crippen molar-refractivity contribution < 1.29 is 9.59 Å². The van der Waals surface area contributed by atoms with E-state index in [0.717, 1.165) is 41.9 Å². The lowest BCUT2D eigenvalue weighted by Gasteiger charge is -2.27. The number of hydrogen-bond acceptors (Lipinski definition) is 3. The van der Waals surface area contributed by atoms with E-state index in [1.165, 1.54) is 0 Å². The van der Waals surface area contributed by atoms with E-state index in [-0.39, 0.29) is 18.4 Å². The van der Waals surface area contributed by atoms with E-state index in [1.807, 2.05) is 64.9 Å². The Labute approximate surface area is 203 Å². The van der Waals surface area contributed by atoms with E-state index >= 15 is 0 Å². The van der Waals surface area contributed by atoms with E-state index < -0.39 is 0 Å². The van der Waals surface area contributed by atoms with E-state index in [1.54, 1.807) is 0 Å². The van der Waals surface area contributed by atoms with Crippen LogP contribution in [-0.4, -0.2) is 45.9 Å². The maximum absolute atomic E-state index is 13.3. The molecule has 0 bridgehead atoms. The maximum atomic E-state index is 13.3. The molecule has 3 rings (SSSR count). The van der Waals surface area contributed by atoms with Crippen molar-refractivity contribution in [2.75, 3.05) is 19.6 Å². The molecule has 0 aliphatic rings. The van der Waals surface area contributed by atoms with E-state index in [2.05, 4.69) is 33.0 Å². The lowest BCUT2D eigenvalue weighted by atomic mass is 10.1. The molecule has 0 saturated heterocycles. The van der Waals surface area contributed by atoms with Crippen LogP contribution in [0.25, 0.3) is 11.0 Å². The van der Waals surface area contributed by atoms with Crippen molar-refractivity contribution in [1.82, 2.24) is 19.8 Å². The molecule has 34 heavy (non-hydrogen) atoms. The zero-order valence-electron chi connectivity index (χ0n) is 21.2. The van der Waals surface area contributed by atoms with Crippen LogP contribution in [0.3, 0.4) is 0 Å². The zero-order valence-corrected chi connectivity index (χ0v) is 21.2. The monoisotopic (exact) mass is 462 g/mol. The predicted octanol–water partition coefficient (Wildman–Crippen LogP) is 4.85. The van der Waals surface area contributed by atoms with Crippen LogP contribution >= 0.6 is 0 Å². The summed E-state index contributed by atoms with van der Waals surface area (Å²) in [6.07, 6.45) is 1.43. The number of benzene rings is 2. The summed E-state index contributed by atoms with van der Waals surface area (Å²) in [5, 5.41) is 2.99. The number of nitrogens with zero attached hydrogens (tertiary/aromatic N) is 3. The highest BCUT2D eigenvalue weighted by molar-refractivity contribution is 5.94. The minimum absolute atomic E-state index is 0.0679. The molecular weight excluding hydrogens is 424 g/mol. The molecule has 0 unspecified atom stereocenters. The lowest BCUT2D eigenvalue weighted by Crippen LogP contribution is -2.39. The van der Waals surface area contributed by atoms with E-state index in [9.17, 15) is 9.59 Å². The summed E-state index contributed by atoms with van der Waals surface area (Å²) < 4.78 is 2.05. The third-order valence-corrected chi connectivity index (χ3v) is 5.73. The van der Waals surface area contributed by atoms with Crippen molar-refractivity contribution >= 4 is 22.8 Å². The smallest absolute Gasteiger partial charge is 0.251 e. The van der Waals surface area contributed by atoms with Gasteiger partial charge in [-0.3, -0.25) is 9.59 Å². The quantitative estimate of drug-likeness (QED) is 0.414. The number of amides is 2. The minimum Gasteiger partial charge on any atom is -0.352 e. The molecule has 1 N–H and O–H groups in total. The molecule has 0 saturated carbocycles. The van der Waals surface area contributed by atoms with E-state index in [0.29, 0.717) is 30.4 Å². The number of fused-ring (bicyclic) bond motifs is 1. The molecule has 0 aliphatic carbocycles. The van der Waals surface area contributed by atoms with Gasteiger partial charge in [0.25, 0.3) is 5.91 Å². The fourth-order valence-corrected chi connectivity index (χ4v) is 4.14. The van der Waals surface area contributed by atoms with Crippen LogP contribution < -0.4 is 5.32 Å². The Hall–Kier alpha value is -3.15. The first-order valence-corrected chi connectivity index (χ1v) is 12.3. The van der Waals surface area contributed by atoms with Gasteiger partial charge < -0.3 is 14.8 Å². The van der Waals surface area contributed by atoms with Crippen LogP contribution in [0.4, 0.5) is 0 Å². The van der Waals surface area contributed by atoms with Gasteiger partial charge in [-0.1, -0.05) is 57.5 Å². The molecule has 182 valence electrons. The summed E-state index contributed by atoms with van der Waals surface area (Å²) in [4.78, 5) is 32.5. The largest absolute Gasteiger partial charge is 0.352 e. The van der Waals surface area contributed by atoms with Crippen molar-refractivity contribution in [2.24, 2.45) is 11.8 Å². The van der Waals surface area contributed by atoms with Crippen LogP contribution in [0.1, 0.15) is 55.9 Å². The van der Waals surface area contributed by atoms with Crippen LogP contribution in [0, 0.1) is 18.8 Å². The number of aromatic nitrogens is 2. The van der Waals surface area contributed by atoms with E-state index in [4.69, 9.17) is 4.98 Å². The normalized spacial score (nSPS) is 11.4. The van der Waals surface area contributed by atoms with Gasteiger partial charge in [-0.25, -0.2) is 4.98 Å². The van der Waals surface area contributed by atoms with Gasteiger partial charge in [-0.2, -0.15) is 0 Å². The second-order valence-corrected chi connectivity index (χ2v) is 9.91. The number of hydrogen-bond donors (Lipinski definition) is 1. The van der Waals surface area contributed by atoms with Crippen LogP contribution in [-0.2, 0) is 17.8 Å². The number of carbonyl (C=O) groups excluding carboxylic acids is 2. The average molecular weight is 463 g/mol. The highest BCUT2D eigenvalue weighted by Gasteiger charge is 2.20. The Morgan fingerprint density at radius 1 is 0.971 bits per heavy atom. The first-order chi connectivity index (χ1) is 16.2. The third-order valence-electron chi connectivity index (χ3n) is 5.73. The first-order valence-electron chi connectivity index (χ1n) is 12.3. The maximum Gasteiger partial charge on any atom is 0.251 e. The van der Waals surface area contributed by atoms with Crippen LogP contribution in [0.5, 0.6) is 0 Å². The molecule has 2 aromatic carbocycles. The van der Waals surface area contributed by atoms with Crippen molar-refractivity contribution in [3.8, 4) is 0 Å². The van der Waals surface area contributed by atoms with Crippen molar-refractivity contribution in [3.63, 3.8) is 0 Å². The summed E-state index contributed by atoms with van der Waals surface area (Å²) in [5.41, 5.74) is 3.67. The summed E-state index contributed by atoms with van der Waals surface area (Å²) in [6, 6.07) is 15.5. The summed E-state index contributed by atoms with van der Waals surface area (Å²) in [6.45, 7) is 12.9. The fraction of sp³-hybridized carbons (Fsp3) is 0.464. The fourth-order valence-electron chi connectivity index (χ4n) is 4.14. The predicted molar refractivity (Wildman–Crippen MR) is 138 cm³/mol. The Balaban J connectivity index is 1.68. The molecule has 0 aliphatic heterocycles. The number of imidazole rings is 1. The second kappa shape index (κ2) is 11.8. The molecule has 0 fully saturated rings. The number of aryl methyl sites for hydroxylation is 2. The average Bonchev–Trinajstić information content (AvgIpc) is 3.13. The highest BCUT2D eigenvalue weighted by Crippen LogP contribution is 2.18. The number of carbonyl (C=O) groups is 2.